The molecule has 1 unspecified atom stereocenters. The zero-order valence-corrected chi connectivity index (χ0v) is 19.4. The summed E-state index contributed by atoms with van der Waals surface area (Å²) in [6.45, 7) is 1.82. The molecule has 0 spiro atoms. The lowest BCUT2D eigenvalue weighted by atomic mass is 9.86. The number of fused-ring (bicyclic) bond motifs is 2. The molecule has 2 aromatic carbocycles. The molecule has 5 rings (SSSR count). The Morgan fingerprint density at radius 1 is 1.13 bits per heavy atom. The Bertz CT molecular complexity index is 1270. The number of nitrogens with one attached hydrogen (secondary N) is 1. The van der Waals surface area contributed by atoms with Crippen molar-refractivity contribution >= 4 is 21.4 Å². The SMILES string of the molecule is C[n+]1c(-c2ccccc2Cl)[nH]c2c1CCN(C1CCc3cccc(S(C)(=O)=O)c3C1)C2. The molecule has 7 heteroatoms. The Hall–Kier alpha value is -2.15. The van der Waals surface area contributed by atoms with Crippen LogP contribution >= 0.6 is 11.6 Å². The van der Waals surface area contributed by atoms with Crippen molar-refractivity contribution in [3.05, 3.63) is 70.0 Å². The Morgan fingerprint density at radius 3 is 2.71 bits per heavy atom. The molecule has 2 heterocycles. The van der Waals surface area contributed by atoms with E-state index >= 15 is 0 Å². The zero-order valence-electron chi connectivity index (χ0n) is 17.9. The molecule has 3 aromatic rings. The topological polar surface area (TPSA) is 57.0 Å². The number of aromatic nitrogens is 2. The van der Waals surface area contributed by atoms with Crippen LogP contribution in [0.3, 0.4) is 0 Å². The van der Waals surface area contributed by atoms with Gasteiger partial charge in [0.05, 0.1) is 29.1 Å². The molecule has 0 saturated carbocycles. The van der Waals surface area contributed by atoms with Gasteiger partial charge in [0.2, 0.25) is 0 Å². The van der Waals surface area contributed by atoms with Gasteiger partial charge in [0, 0.05) is 25.3 Å². The normalized spacial score (nSPS) is 19.1. The number of nitrogens with zero attached hydrogens (tertiary/aromatic N) is 2. The minimum absolute atomic E-state index is 0.348. The van der Waals surface area contributed by atoms with Crippen LogP contribution in [0.4, 0.5) is 0 Å². The predicted octanol–water partition coefficient (Wildman–Crippen LogP) is 3.48. The number of halogens is 1. The molecule has 0 saturated heterocycles. The summed E-state index contributed by atoms with van der Waals surface area (Å²) in [5.41, 5.74) is 5.76. The number of benzene rings is 2. The minimum atomic E-state index is -3.22. The first-order valence-electron chi connectivity index (χ1n) is 10.7. The third kappa shape index (κ3) is 3.71. The van der Waals surface area contributed by atoms with E-state index in [1.165, 1.54) is 23.2 Å². The molecule has 0 fully saturated rings. The molecule has 1 N–H and O–H groups in total. The van der Waals surface area contributed by atoms with Crippen LogP contribution in [0.2, 0.25) is 5.02 Å². The van der Waals surface area contributed by atoms with Crippen LogP contribution in [0, 0.1) is 0 Å². The van der Waals surface area contributed by atoms with Crippen LogP contribution in [0.5, 0.6) is 0 Å². The molecule has 0 amide bonds. The molecule has 1 atom stereocenters. The van der Waals surface area contributed by atoms with Gasteiger partial charge in [-0.05, 0) is 48.6 Å². The van der Waals surface area contributed by atoms with Gasteiger partial charge >= 0.3 is 0 Å². The lowest BCUT2D eigenvalue weighted by molar-refractivity contribution is -0.667. The van der Waals surface area contributed by atoms with Crippen LogP contribution in [0.15, 0.2) is 47.4 Å². The third-order valence-electron chi connectivity index (χ3n) is 6.82. The summed E-state index contributed by atoms with van der Waals surface area (Å²) in [4.78, 5) is 6.63. The minimum Gasteiger partial charge on any atom is -0.292 e. The number of hydrogen-bond acceptors (Lipinski definition) is 3. The average molecular weight is 457 g/mol. The summed E-state index contributed by atoms with van der Waals surface area (Å²) < 4.78 is 26.9. The molecular formula is C24H27ClN3O2S+. The molecule has 1 aliphatic heterocycles. The lowest BCUT2D eigenvalue weighted by Crippen LogP contribution is -2.45. The second kappa shape index (κ2) is 7.76. The van der Waals surface area contributed by atoms with E-state index in [2.05, 4.69) is 27.6 Å². The maximum absolute atomic E-state index is 12.3. The number of rotatable bonds is 3. The van der Waals surface area contributed by atoms with Gasteiger partial charge in [-0.15, -0.1) is 0 Å². The summed E-state index contributed by atoms with van der Waals surface area (Å²) in [5, 5.41) is 0.741. The van der Waals surface area contributed by atoms with Gasteiger partial charge in [-0.25, -0.2) is 18.0 Å². The van der Waals surface area contributed by atoms with Crippen LogP contribution in [0.1, 0.15) is 28.9 Å². The first-order valence-corrected chi connectivity index (χ1v) is 13.0. The van der Waals surface area contributed by atoms with Crippen LogP contribution in [-0.2, 0) is 42.7 Å². The van der Waals surface area contributed by atoms with Crippen molar-refractivity contribution < 1.29 is 13.0 Å². The fraction of sp³-hybridized carbons (Fsp3) is 0.375. The number of hydrogen-bond donors (Lipinski definition) is 1. The highest BCUT2D eigenvalue weighted by molar-refractivity contribution is 7.90. The highest BCUT2D eigenvalue weighted by Crippen LogP contribution is 2.32. The van der Waals surface area contributed by atoms with Gasteiger partial charge in [0.1, 0.15) is 5.69 Å². The van der Waals surface area contributed by atoms with E-state index < -0.39 is 9.84 Å². The maximum Gasteiger partial charge on any atom is 0.288 e. The van der Waals surface area contributed by atoms with E-state index in [4.69, 9.17) is 11.6 Å². The number of sulfone groups is 1. The van der Waals surface area contributed by atoms with Crippen LogP contribution in [0.25, 0.3) is 11.4 Å². The van der Waals surface area contributed by atoms with Gasteiger partial charge in [-0.1, -0.05) is 35.9 Å². The van der Waals surface area contributed by atoms with E-state index in [1.54, 1.807) is 6.07 Å². The highest BCUT2D eigenvalue weighted by Gasteiger charge is 2.34. The Labute approximate surface area is 188 Å². The van der Waals surface area contributed by atoms with Crippen molar-refractivity contribution in [2.75, 3.05) is 12.8 Å². The molecule has 31 heavy (non-hydrogen) atoms. The Morgan fingerprint density at radius 2 is 1.94 bits per heavy atom. The third-order valence-corrected chi connectivity index (χ3v) is 8.33. The van der Waals surface area contributed by atoms with Crippen molar-refractivity contribution in [3.8, 4) is 11.4 Å². The zero-order chi connectivity index (χ0) is 21.8. The van der Waals surface area contributed by atoms with Gasteiger partial charge in [0.25, 0.3) is 5.82 Å². The molecule has 5 nitrogen and oxygen atoms in total. The maximum atomic E-state index is 12.3. The van der Waals surface area contributed by atoms with Crippen molar-refractivity contribution in [2.45, 2.75) is 43.2 Å². The fourth-order valence-electron chi connectivity index (χ4n) is 5.23. The van der Waals surface area contributed by atoms with Crippen LogP contribution in [-0.4, -0.2) is 37.1 Å². The summed E-state index contributed by atoms with van der Waals surface area (Å²) in [5.74, 6) is 1.03. The fourth-order valence-corrected chi connectivity index (χ4v) is 6.44. The second-order valence-electron chi connectivity index (χ2n) is 8.72. The van der Waals surface area contributed by atoms with Crippen LogP contribution < -0.4 is 4.57 Å². The van der Waals surface area contributed by atoms with E-state index in [0.29, 0.717) is 10.9 Å². The largest absolute Gasteiger partial charge is 0.292 e. The molecule has 0 bridgehead atoms. The van der Waals surface area contributed by atoms with E-state index in [9.17, 15) is 8.42 Å². The number of aromatic amines is 1. The molecule has 0 radical (unpaired) electrons. The smallest absolute Gasteiger partial charge is 0.288 e. The van der Waals surface area contributed by atoms with Gasteiger partial charge < -0.3 is 0 Å². The van der Waals surface area contributed by atoms with Gasteiger partial charge in [0.15, 0.2) is 15.5 Å². The summed E-state index contributed by atoms with van der Waals surface area (Å²) in [6, 6.07) is 14.0. The quantitative estimate of drug-likeness (QED) is 0.614. The van der Waals surface area contributed by atoms with E-state index in [1.807, 2.05) is 30.3 Å². The van der Waals surface area contributed by atoms with Crippen molar-refractivity contribution in [1.29, 1.82) is 0 Å². The highest BCUT2D eigenvalue weighted by atomic mass is 35.5. The van der Waals surface area contributed by atoms with Gasteiger partial charge in [-0.3, -0.25) is 4.90 Å². The number of H-pyrrole nitrogens is 1. The van der Waals surface area contributed by atoms with Gasteiger partial charge in [-0.2, -0.15) is 0 Å². The number of aryl methyl sites for hydroxylation is 1. The molecule has 1 aromatic heterocycles. The Kier molecular flexibility index (Phi) is 5.19. The molecular weight excluding hydrogens is 430 g/mol. The summed E-state index contributed by atoms with van der Waals surface area (Å²) in [6.07, 6.45) is 5.05. The van der Waals surface area contributed by atoms with Crippen molar-refractivity contribution in [3.63, 3.8) is 0 Å². The van der Waals surface area contributed by atoms with Crippen molar-refractivity contribution in [2.24, 2.45) is 7.05 Å². The van der Waals surface area contributed by atoms with E-state index in [0.717, 1.165) is 60.7 Å². The second-order valence-corrected chi connectivity index (χ2v) is 11.1. The lowest BCUT2D eigenvalue weighted by Gasteiger charge is -2.36. The first-order chi connectivity index (χ1) is 14.8. The average Bonchev–Trinajstić information content (AvgIpc) is 3.08. The Balaban J connectivity index is 1.43. The number of imidazole rings is 1. The van der Waals surface area contributed by atoms with E-state index in [-0.39, 0.29) is 0 Å². The van der Waals surface area contributed by atoms with Crippen molar-refractivity contribution in [1.82, 2.24) is 9.88 Å². The molecule has 1 aliphatic carbocycles. The molecule has 2 aliphatic rings. The predicted molar refractivity (Wildman–Crippen MR) is 122 cm³/mol. The summed E-state index contributed by atoms with van der Waals surface area (Å²) in [7, 11) is -1.13. The standard InChI is InChI=1S/C24H26ClN3O2S/c1-27-22-12-13-28(15-21(22)26-24(27)18-7-3-4-8-20(18)25)17-11-10-16-6-5-9-23(19(16)14-17)31(2,29)30/h3-9,17H,10-15H2,1-2H3/p+1. The monoisotopic (exact) mass is 456 g/mol. The summed E-state index contributed by atoms with van der Waals surface area (Å²) >= 11 is 6.45. The molecule has 162 valence electrons. The first kappa shape index (κ1) is 20.7.